The molecular formula is C13H16N2O3S. The van der Waals surface area contributed by atoms with Gasteiger partial charge in [0.15, 0.2) is 10.8 Å². The van der Waals surface area contributed by atoms with Crippen molar-refractivity contribution in [2.75, 3.05) is 6.61 Å². The van der Waals surface area contributed by atoms with Gasteiger partial charge in [-0.3, -0.25) is 4.79 Å². The number of furan rings is 1. The number of carbonyl (C=O) groups excluding carboxylic acids is 1. The lowest BCUT2D eigenvalue weighted by Crippen LogP contribution is -2.46. The van der Waals surface area contributed by atoms with Gasteiger partial charge in [-0.1, -0.05) is 0 Å². The molecule has 2 rings (SSSR count). The van der Waals surface area contributed by atoms with Gasteiger partial charge in [0, 0.05) is 4.88 Å². The number of rotatable bonds is 4. The molecule has 0 aromatic carbocycles. The third kappa shape index (κ3) is 3.02. The molecule has 0 fully saturated rings. The number of hydrogen-bond acceptors (Lipinski definition) is 5. The van der Waals surface area contributed by atoms with Crippen LogP contribution in [0.1, 0.15) is 29.2 Å². The maximum absolute atomic E-state index is 12.1. The summed E-state index contributed by atoms with van der Waals surface area (Å²) >= 11 is 1.41. The van der Waals surface area contributed by atoms with E-state index in [0.29, 0.717) is 16.5 Å². The maximum atomic E-state index is 12.1. The third-order valence-electron chi connectivity index (χ3n) is 2.59. The lowest BCUT2D eigenvalue weighted by atomic mass is 10.1. The van der Waals surface area contributed by atoms with Gasteiger partial charge in [0.1, 0.15) is 5.69 Å². The predicted octanol–water partition coefficient (Wildman–Crippen LogP) is 2.21. The zero-order valence-corrected chi connectivity index (χ0v) is 11.9. The van der Waals surface area contributed by atoms with E-state index in [4.69, 9.17) is 9.52 Å². The molecule has 19 heavy (non-hydrogen) atoms. The number of thiazole rings is 1. The summed E-state index contributed by atoms with van der Waals surface area (Å²) in [6.07, 6.45) is 1.57. The first-order valence-electron chi connectivity index (χ1n) is 5.87. The minimum absolute atomic E-state index is 0.132. The van der Waals surface area contributed by atoms with E-state index in [1.165, 1.54) is 11.3 Å². The topological polar surface area (TPSA) is 75.4 Å². The van der Waals surface area contributed by atoms with Gasteiger partial charge in [0.2, 0.25) is 0 Å². The van der Waals surface area contributed by atoms with Gasteiger partial charge in [-0.05, 0) is 32.9 Å². The van der Waals surface area contributed by atoms with Crippen molar-refractivity contribution in [2.45, 2.75) is 26.3 Å². The molecule has 0 unspecified atom stereocenters. The number of aromatic nitrogens is 1. The largest absolute Gasteiger partial charge is 0.462 e. The Bertz CT molecular complexity index is 573. The van der Waals surface area contributed by atoms with Crippen molar-refractivity contribution >= 4 is 17.2 Å². The molecule has 0 atom stereocenters. The van der Waals surface area contributed by atoms with Crippen molar-refractivity contribution in [1.82, 2.24) is 10.3 Å². The van der Waals surface area contributed by atoms with Gasteiger partial charge < -0.3 is 14.8 Å². The first kappa shape index (κ1) is 13.8. The second-order valence-electron chi connectivity index (χ2n) is 4.90. The molecule has 1 amide bonds. The summed E-state index contributed by atoms with van der Waals surface area (Å²) < 4.78 is 5.27. The van der Waals surface area contributed by atoms with E-state index < -0.39 is 5.54 Å². The third-order valence-corrected chi connectivity index (χ3v) is 3.58. The predicted molar refractivity (Wildman–Crippen MR) is 73.2 cm³/mol. The first-order valence-corrected chi connectivity index (χ1v) is 6.69. The number of amides is 1. The minimum Gasteiger partial charge on any atom is -0.462 e. The Morgan fingerprint density at radius 1 is 1.58 bits per heavy atom. The van der Waals surface area contributed by atoms with Gasteiger partial charge in [-0.25, -0.2) is 4.98 Å². The highest BCUT2D eigenvalue weighted by molar-refractivity contribution is 7.15. The summed E-state index contributed by atoms with van der Waals surface area (Å²) in [5, 5.41) is 12.6. The van der Waals surface area contributed by atoms with Gasteiger partial charge >= 0.3 is 0 Å². The monoisotopic (exact) mass is 280 g/mol. The number of aliphatic hydroxyl groups excluding tert-OH is 1. The maximum Gasteiger partial charge on any atom is 0.271 e. The van der Waals surface area contributed by atoms with Crippen molar-refractivity contribution < 1.29 is 14.3 Å². The van der Waals surface area contributed by atoms with Crippen LogP contribution >= 0.6 is 11.3 Å². The molecule has 0 bridgehead atoms. The van der Waals surface area contributed by atoms with Gasteiger partial charge in [-0.15, -0.1) is 11.3 Å². The summed E-state index contributed by atoms with van der Waals surface area (Å²) in [5.74, 6) is 0.360. The number of nitrogens with zero attached hydrogens (tertiary/aromatic N) is 1. The van der Waals surface area contributed by atoms with Crippen LogP contribution in [0.4, 0.5) is 0 Å². The van der Waals surface area contributed by atoms with Crippen LogP contribution in [0.25, 0.3) is 10.8 Å². The van der Waals surface area contributed by atoms with Gasteiger partial charge in [0.25, 0.3) is 5.91 Å². The molecule has 0 aliphatic rings. The van der Waals surface area contributed by atoms with Crippen LogP contribution in [-0.2, 0) is 0 Å². The van der Waals surface area contributed by atoms with E-state index in [1.54, 1.807) is 32.2 Å². The quantitative estimate of drug-likeness (QED) is 0.900. The Hall–Kier alpha value is -1.66. The SMILES string of the molecule is Cc1sc(-c2ccco2)nc1C(=O)NC(C)(C)CO. The zero-order chi connectivity index (χ0) is 14.0. The summed E-state index contributed by atoms with van der Waals surface area (Å²) in [4.78, 5) is 17.2. The summed E-state index contributed by atoms with van der Waals surface area (Å²) in [6.45, 7) is 5.21. The lowest BCUT2D eigenvalue weighted by molar-refractivity contribution is 0.0864. The molecule has 0 radical (unpaired) electrons. The number of nitrogens with one attached hydrogen (secondary N) is 1. The average Bonchev–Trinajstić information content (AvgIpc) is 2.96. The van der Waals surface area contributed by atoms with E-state index in [-0.39, 0.29) is 12.5 Å². The van der Waals surface area contributed by atoms with Crippen LogP contribution in [0.3, 0.4) is 0 Å². The highest BCUT2D eigenvalue weighted by atomic mass is 32.1. The standard InChI is InChI=1S/C13H16N2O3S/c1-8-10(11(17)15-13(2,3)7-16)14-12(19-8)9-5-4-6-18-9/h4-6,16H,7H2,1-3H3,(H,15,17). The van der Waals surface area contributed by atoms with E-state index in [0.717, 1.165) is 4.88 Å². The second-order valence-corrected chi connectivity index (χ2v) is 6.10. The van der Waals surface area contributed by atoms with Crippen molar-refractivity contribution in [2.24, 2.45) is 0 Å². The van der Waals surface area contributed by atoms with Crippen LogP contribution in [0.5, 0.6) is 0 Å². The molecule has 2 aromatic rings. The van der Waals surface area contributed by atoms with Crippen molar-refractivity contribution in [3.8, 4) is 10.8 Å². The minimum atomic E-state index is -0.669. The van der Waals surface area contributed by atoms with E-state index in [1.807, 2.05) is 6.92 Å². The Morgan fingerprint density at radius 3 is 2.89 bits per heavy atom. The summed E-state index contributed by atoms with van der Waals surface area (Å²) in [7, 11) is 0. The Morgan fingerprint density at radius 2 is 2.32 bits per heavy atom. The fourth-order valence-corrected chi connectivity index (χ4v) is 2.40. The van der Waals surface area contributed by atoms with Gasteiger partial charge in [-0.2, -0.15) is 0 Å². The van der Waals surface area contributed by atoms with Crippen LogP contribution < -0.4 is 5.32 Å². The highest BCUT2D eigenvalue weighted by Gasteiger charge is 2.24. The molecule has 0 aliphatic heterocycles. The van der Waals surface area contributed by atoms with Crippen molar-refractivity contribution in [3.63, 3.8) is 0 Å². The molecular weight excluding hydrogens is 264 g/mol. The smallest absolute Gasteiger partial charge is 0.271 e. The van der Waals surface area contributed by atoms with Crippen molar-refractivity contribution in [1.29, 1.82) is 0 Å². The summed E-state index contributed by atoms with van der Waals surface area (Å²) in [6, 6.07) is 3.58. The molecule has 2 aromatic heterocycles. The molecule has 5 nitrogen and oxygen atoms in total. The second kappa shape index (κ2) is 5.14. The lowest BCUT2D eigenvalue weighted by Gasteiger charge is -2.22. The van der Waals surface area contributed by atoms with Gasteiger partial charge in [0.05, 0.1) is 18.4 Å². The van der Waals surface area contributed by atoms with Crippen molar-refractivity contribution in [3.05, 3.63) is 29.0 Å². The van der Waals surface area contributed by atoms with E-state index >= 15 is 0 Å². The first-order chi connectivity index (χ1) is 8.93. The number of aryl methyl sites for hydroxylation is 1. The van der Waals surface area contributed by atoms with Crippen LogP contribution in [0.2, 0.25) is 0 Å². The molecule has 6 heteroatoms. The Kier molecular flexibility index (Phi) is 3.73. The fraction of sp³-hybridized carbons (Fsp3) is 0.385. The van der Waals surface area contributed by atoms with E-state index in [9.17, 15) is 4.79 Å². The highest BCUT2D eigenvalue weighted by Crippen LogP contribution is 2.28. The molecule has 102 valence electrons. The Balaban J connectivity index is 2.24. The summed E-state index contributed by atoms with van der Waals surface area (Å²) in [5.41, 5.74) is -0.296. The van der Waals surface area contributed by atoms with Crippen LogP contribution in [0.15, 0.2) is 22.8 Å². The van der Waals surface area contributed by atoms with E-state index in [2.05, 4.69) is 10.3 Å². The zero-order valence-electron chi connectivity index (χ0n) is 11.1. The average molecular weight is 280 g/mol. The number of carbonyl (C=O) groups is 1. The Labute approximate surface area is 115 Å². The normalized spacial score (nSPS) is 11.6. The molecule has 2 heterocycles. The fourth-order valence-electron chi connectivity index (χ4n) is 1.52. The number of aliphatic hydroxyl groups is 1. The molecule has 0 spiro atoms. The molecule has 0 aliphatic carbocycles. The molecule has 0 saturated heterocycles. The number of hydrogen-bond donors (Lipinski definition) is 2. The molecule has 2 N–H and O–H groups in total. The molecule has 0 saturated carbocycles. The van der Waals surface area contributed by atoms with Crippen LogP contribution in [-0.4, -0.2) is 28.1 Å². The van der Waals surface area contributed by atoms with Crippen LogP contribution in [0, 0.1) is 6.92 Å².